The predicted octanol–water partition coefficient (Wildman–Crippen LogP) is 2.14. The molecule has 0 aromatic carbocycles. The monoisotopic (exact) mass is 230 g/mol. The molecule has 0 aliphatic rings. The lowest BCUT2D eigenvalue weighted by molar-refractivity contribution is -0.121. The Morgan fingerprint density at radius 1 is 1.20 bits per heavy atom. The molecule has 0 aromatic heterocycles. The number of nitrogens with one attached hydrogen (secondary N) is 1. The fourth-order valence-electron chi connectivity index (χ4n) is 1.28. The van der Waals surface area contributed by atoms with Crippen molar-refractivity contribution in [2.75, 3.05) is 6.54 Å². The van der Waals surface area contributed by atoms with Crippen LogP contribution in [-0.2, 0) is 4.79 Å². The molecule has 15 heavy (non-hydrogen) atoms. The van der Waals surface area contributed by atoms with Gasteiger partial charge in [0.05, 0.1) is 4.99 Å². The van der Waals surface area contributed by atoms with Gasteiger partial charge in [-0.25, -0.2) is 0 Å². The first-order valence-corrected chi connectivity index (χ1v) is 6.12. The van der Waals surface area contributed by atoms with Gasteiger partial charge in [0.1, 0.15) is 0 Å². The molecule has 0 unspecified atom stereocenters. The topological polar surface area (TPSA) is 55.1 Å². The van der Waals surface area contributed by atoms with E-state index in [0.29, 0.717) is 11.4 Å². The van der Waals surface area contributed by atoms with Gasteiger partial charge in [-0.15, -0.1) is 0 Å². The molecule has 0 heterocycles. The average Bonchev–Trinajstić information content (AvgIpc) is 2.17. The molecule has 0 aliphatic carbocycles. The lowest BCUT2D eigenvalue weighted by Gasteiger charge is -2.04. The van der Waals surface area contributed by atoms with E-state index < -0.39 is 0 Å². The Labute approximate surface area is 97.8 Å². The van der Waals surface area contributed by atoms with Crippen molar-refractivity contribution >= 4 is 23.1 Å². The number of thiocarbonyl (C=S) groups is 1. The van der Waals surface area contributed by atoms with Crippen LogP contribution in [0.25, 0.3) is 0 Å². The lowest BCUT2D eigenvalue weighted by atomic mass is 10.2. The minimum absolute atomic E-state index is 0.166. The molecule has 0 aliphatic heterocycles. The average molecular weight is 230 g/mol. The second-order valence-electron chi connectivity index (χ2n) is 3.73. The maximum atomic E-state index is 11.3. The summed E-state index contributed by atoms with van der Waals surface area (Å²) in [4.78, 5) is 11.8. The van der Waals surface area contributed by atoms with Crippen molar-refractivity contribution in [3.63, 3.8) is 0 Å². The Balaban J connectivity index is 3.20. The number of unbranched alkanes of at least 4 members (excludes halogenated alkanes) is 3. The zero-order chi connectivity index (χ0) is 11.5. The third-order valence-electron chi connectivity index (χ3n) is 2.18. The Bertz CT molecular complexity index is 195. The molecule has 0 rings (SSSR count). The Kier molecular flexibility index (Phi) is 9.48. The van der Waals surface area contributed by atoms with Gasteiger partial charge in [0, 0.05) is 13.0 Å². The van der Waals surface area contributed by atoms with Gasteiger partial charge in [-0.2, -0.15) is 0 Å². The molecule has 3 N–H and O–H groups in total. The first-order chi connectivity index (χ1) is 7.16. The molecule has 0 radical (unpaired) electrons. The zero-order valence-electron chi connectivity index (χ0n) is 9.55. The standard InChI is InChI=1S/C11H22N2OS/c1-2-3-4-8-11(14)13-9-6-5-7-10(12)15/h2-9H2,1H3,(H2,12,15)(H,13,14). The molecule has 0 spiro atoms. The van der Waals surface area contributed by atoms with E-state index in [0.717, 1.165) is 45.1 Å². The van der Waals surface area contributed by atoms with Crippen molar-refractivity contribution in [2.24, 2.45) is 5.73 Å². The summed E-state index contributed by atoms with van der Waals surface area (Å²) in [6.45, 7) is 2.88. The highest BCUT2D eigenvalue weighted by atomic mass is 32.1. The summed E-state index contributed by atoms with van der Waals surface area (Å²) in [5.74, 6) is 0.166. The SMILES string of the molecule is CCCCCC(=O)NCCCCC(N)=S. The Morgan fingerprint density at radius 2 is 1.87 bits per heavy atom. The van der Waals surface area contributed by atoms with Gasteiger partial charge in [0.2, 0.25) is 5.91 Å². The van der Waals surface area contributed by atoms with Crippen molar-refractivity contribution in [3.8, 4) is 0 Å². The number of carbonyl (C=O) groups is 1. The number of rotatable bonds is 9. The van der Waals surface area contributed by atoms with Crippen LogP contribution in [0.1, 0.15) is 51.9 Å². The van der Waals surface area contributed by atoms with Crippen LogP contribution in [0.5, 0.6) is 0 Å². The quantitative estimate of drug-likeness (QED) is 0.471. The minimum atomic E-state index is 0.166. The molecule has 0 aromatic rings. The van der Waals surface area contributed by atoms with Gasteiger partial charge in [-0.1, -0.05) is 32.0 Å². The number of nitrogens with two attached hydrogens (primary N) is 1. The van der Waals surface area contributed by atoms with E-state index in [9.17, 15) is 4.79 Å². The summed E-state index contributed by atoms with van der Waals surface area (Å²) in [7, 11) is 0. The van der Waals surface area contributed by atoms with Crippen LogP contribution >= 0.6 is 12.2 Å². The molecule has 0 bridgehead atoms. The summed E-state index contributed by atoms with van der Waals surface area (Å²) in [5.41, 5.74) is 5.36. The maximum Gasteiger partial charge on any atom is 0.219 e. The van der Waals surface area contributed by atoms with Gasteiger partial charge in [-0.3, -0.25) is 4.79 Å². The minimum Gasteiger partial charge on any atom is -0.393 e. The summed E-state index contributed by atoms with van der Waals surface area (Å²) in [6, 6.07) is 0. The summed E-state index contributed by atoms with van der Waals surface area (Å²) >= 11 is 4.76. The lowest BCUT2D eigenvalue weighted by Crippen LogP contribution is -2.24. The molecule has 88 valence electrons. The van der Waals surface area contributed by atoms with Crippen LogP contribution in [-0.4, -0.2) is 17.4 Å². The smallest absolute Gasteiger partial charge is 0.219 e. The zero-order valence-corrected chi connectivity index (χ0v) is 10.4. The molecule has 0 saturated heterocycles. The number of hydrogen-bond acceptors (Lipinski definition) is 2. The van der Waals surface area contributed by atoms with E-state index in [-0.39, 0.29) is 5.91 Å². The fourth-order valence-corrected chi connectivity index (χ4v) is 1.42. The molecular weight excluding hydrogens is 208 g/mol. The van der Waals surface area contributed by atoms with E-state index in [4.69, 9.17) is 18.0 Å². The normalized spacial score (nSPS) is 9.93. The van der Waals surface area contributed by atoms with Crippen molar-refractivity contribution in [1.82, 2.24) is 5.32 Å². The van der Waals surface area contributed by atoms with Crippen LogP contribution in [0.3, 0.4) is 0 Å². The van der Waals surface area contributed by atoms with Crippen LogP contribution in [0, 0.1) is 0 Å². The number of carbonyl (C=O) groups excluding carboxylic acids is 1. The Morgan fingerprint density at radius 3 is 2.47 bits per heavy atom. The van der Waals surface area contributed by atoms with Crippen LogP contribution in [0.2, 0.25) is 0 Å². The van der Waals surface area contributed by atoms with Gasteiger partial charge in [-0.05, 0) is 25.7 Å². The number of amides is 1. The first kappa shape index (κ1) is 14.4. The summed E-state index contributed by atoms with van der Waals surface area (Å²) in [6.07, 6.45) is 6.64. The van der Waals surface area contributed by atoms with E-state index in [1.54, 1.807) is 0 Å². The van der Waals surface area contributed by atoms with Gasteiger partial charge < -0.3 is 11.1 Å². The Hall–Kier alpha value is -0.640. The fraction of sp³-hybridized carbons (Fsp3) is 0.818. The van der Waals surface area contributed by atoms with Gasteiger partial charge in [0.25, 0.3) is 0 Å². The van der Waals surface area contributed by atoms with Crippen molar-refractivity contribution in [1.29, 1.82) is 0 Å². The molecule has 0 saturated carbocycles. The predicted molar refractivity (Wildman–Crippen MR) is 67.8 cm³/mol. The van der Waals surface area contributed by atoms with E-state index in [1.165, 1.54) is 0 Å². The van der Waals surface area contributed by atoms with Crippen LogP contribution in [0.4, 0.5) is 0 Å². The van der Waals surface area contributed by atoms with E-state index >= 15 is 0 Å². The molecule has 4 heteroatoms. The molecular formula is C11H22N2OS. The second-order valence-corrected chi connectivity index (χ2v) is 4.25. The van der Waals surface area contributed by atoms with Crippen LogP contribution in [0.15, 0.2) is 0 Å². The van der Waals surface area contributed by atoms with E-state index in [1.807, 2.05) is 0 Å². The highest BCUT2D eigenvalue weighted by molar-refractivity contribution is 7.80. The largest absolute Gasteiger partial charge is 0.393 e. The summed E-state index contributed by atoms with van der Waals surface area (Å²) in [5, 5.41) is 2.89. The van der Waals surface area contributed by atoms with Gasteiger partial charge in [0.15, 0.2) is 0 Å². The highest BCUT2D eigenvalue weighted by Crippen LogP contribution is 1.99. The van der Waals surface area contributed by atoms with Gasteiger partial charge >= 0.3 is 0 Å². The van der Waals surface area contributed by atoms with E-state index in [2.05, 4.69) is 12.2 Å². The first-order valence-electron chi connectivity index (χ1n) is 5.71. The molecule has 0 atom stereocenters. The molecule has 1 amide bonds. The highest BCUT2D eigenvalue weighted by Gasteiger charge is 1.99. The number of hydrogen-bond donors (Lipinski definition) is 2. The second kappa shape index (κ2) is 9.90. The molecule has 0 fully saturated rings. The third kappa shape index (κ3) is 11.3. The van der Waals surface area contributed by atoms with Crippen molar-refractivity contribution in [2.45, 2.75) is 51.9 Å². The van der Waals surface area contributed by atoms with Crippen molar-refractivity contribution in [3.05, 3.63) is 0 Å². The maximum absolute atomic E-state index is 11.3. The van der Waals surface area contributed by atoms with Crippen LogP contribution < -0.4 is 11.1 Å². The third-order valence-corrected chi connectivity index (χ3v) is 2.38. The summed E-state index contributed by atoms with van der Waals surface area (Å²) < 4.78 is 0. The van der Waals surface area contributed by atoms with Crippen molar-refractivity contribution < 1.29 is 4.79 Å². The molecule has 3 nitrogen and oxygen atoms in total.